The fourth-order valence-corrected chi connectivity index (χ4v) is 1.72. The highest BCUT2D eigenvalue weighted by atomic mass is 19.1. The average molecular weight is 262 g/mol. The number of nitrogen functional groups attached to an aromatic ring is 1. The first-order chi connectivity index (χ1) is 8.95. The van der Waals surface area contributed by atoms with Crippen LogP contribution in [0.3, 0.4) is 0 Å². The van der Waals surface area contributed by atoms with Crippen LogP contribution in [0.4, 0.5) is 20.2 Å². The molecule has 0 aliphatic rings. The second-order valence-corrected chi connectivity index (χ2v) is 4.21. The summed E-state index contributed by atoms with van der Waals surface area (Å²) in [6.07, 6.45) is 0. The summed E-state index contributed by atoms with van der Waals surface area (Å²) in [5, 5.41) is 2.43. The number of hydrogen-bond donors (Lipinski definition) is 2. The lowest BCUT2D eigenvalue weighted by Crippen LogP contribution is -2.14. The molecule has 0 spiro atoms. The molecule has 0 aromatic heterocycles. The zero-order valence-electron chi connectivity index (χ0n) is 10.2. The van der Waals surface area contributed by atoms with E-state index in [1.54, 1.807) is 13.0 Å². The van der Waals surface area contributed by atoms with E-state index in [1.165, 1.54) is 18.2 Å². The van der Waals surface area contributed by atoms with Gasteiger partial charge in [-0.05, 0) is 48.9 Å². The van der Waals surface area contributed by atoms with Crippen LogP contribution in [0.5, 0.6) is 0 Å². The van der Waals surface area contributed by atoms with Crippen LogP contribution in [0.15, 0.2) is 36.4 Å². The van der Waals surface area contributed by atoms with Gasteiger partial charge >= 0.3 is 0 Å². The van der Waals surface area contributed by atoms with Gasteiger partial charge in [0.25, 0.3) is 5.91 Å². The second kappa shape index (κ2) is 5.06. The number of rotatable bonds is 2. The van der Waals surface area contributed by atoms with Crippen molar-refractivity contribution in [1.29, 1.82) is 0 Å². The molecule has 0 atom stereocenters. The van der Waals surface area contributed by atoms with Crippen molar-refractivity contribution >= 4 is 17.3 Å². The molecule has 3 N–H and O–H groups in total. The number of nitrogens with one attached hydrogen (secondary N) is 1. The van der Waals surface area contributed by atoms with E-state index in [2.05, 4.69) is 5.32 Å². The van der Waals surface area contributed by atoms with Gasteiger partial charge in [-0.15, -0.1) is 0 Å². The third kappa shape index (κ3) is 3.07. The van der Waals surface area contributed by atoms with Gasteiger partial charge in [0.2, 0.25) is 0 Å². The molecule has 0 saturated heterocycles. The quantitative estimate of drug-likeness (QED) is 0.817. The molecule has 0 bridgehead atoms. The zero-order chi connectivity index (χ0) is 14.0. The number of carbonyl (C=O) groups excluding carboxylic acids is 1. The molecule has 1 amide bonds. The summed E-state index contributed by atoms with van der Waals surface area (Å²) >= 11 is 0. The van der Waals surface area contributed by atoms with Crippen LogP contribution in [0.25, 0.3) is 0 Å². The van der Waals surface area contributed by atoms with Gasteiger partial charge in [0.1, 0.15) is 11.6 Å². The number of nitrogens with two attached hydrogens (primary N) is 1. The normalized spacial score (nSPS) is 10.3. The molecule has 0 unspecified atom stereocenters. The van der Waals surface area contributed by atoms with Gasteiger partial charge in [0.15, 0.2) is 0 Å². The fourth-order valence-electron chi connectivity index (χ4n) is 1.72. The van der Waals surface area contributed by atoms with Gasteiger partial charge in [-0.25, -0.2) is 8.78 Å². The first-order valence-corrected chi connectivity index (χ1v) is 5.59. The molecule has 0 fully saturated rings. The molecule has 0 aliphatic carbocycles. The van der Waals surface area contributed by atoms with Crippen molar-refractivity contribution in [3.05, 3.63) is 59.2 Å². The maximum atomic E-state index is 13.5. The molecule has 19 heavy (non-hydrogen) atoms. The Labute approximate surface area is 109 Å². The van der Waals surface area contributed by atoms with E-state index in [9.17, 15) is 13.6 Å². The monoisotopic (exact) mass is 262 g/mol. The van der Waals surface area contributed by atoms with Crippen LogP contribution in [0.1, 0.15) is 15.9 Å². The molecule has 2 aromatic rings. The Morgan fingerprint density at radius 2 is 1.89 bits per heavy atom. The number of carbonyl (C=O) groups is 1. The predicted octanol–water partition coefficient (Wildman–Crippen LogP) is 3.11. The van der Waals surface area contributed by atoms with Gasteiger partial charge in [0.05, 0.1) is 5.56 Å². The van der Waals surface area contributed by atoms with Crippen molar-refractivity contribution in [3.8, 4) is 0 Å². The van der Waals surface area contributed by atoms with Crippen molar-refractivity contribution in [2.75, 3.05) is 11.1 Å². The van der Waals surface area contributed by atoms with Crippen molar-refractivity contribution < 1.29 is 13.6 Å². The smallest absolute Gasteiger partial charge is 0.258 e. The van der Waals surface area contributed by atoms with E-state index in [-0.39, 0.29) is 16.9 Å². The van der Waals surface area contributed by atoms with Crippen molar-refractivity contribution in [2.45, 2.75) is 6.92 Å². The van der Waals surface area contributed by atoms with Crippen LogP contribution in [0, 0.1) is 18.6 Å². The maximum absolute atomic E-state index is 13.5. The highest BCUT2D eigenvalue weighted by Gasteiger charge is 2.12. The maximum Gasteiger partial charge on any atom is 0.258 e. The molecule has 2 rings (SSSR count). The minimum absolute atomic E-state index is 0.179. The van der Waals surface area contributed by atoms with Crippen LogP contribution in [0.2, 0.25) is 0 Å². The van der Waals surface area contributed by atoms with Crippen LogP contribution < -0.4 is 11.1 Å². The summed E-state index contributed by atoms with van der Waals surface area (Å²) in [7, 11) is 0. The summed E-state index contributed by atoms with van der Waals surface area (Å²) in [6, 6.07) is 7.79. The molecule has 0 radical (unpaired) electrons. The van der Waals surface area contributed by atoms with E-state index >= 15 is 0 Å². The van der Waals surface area contributed by atoms with E-state index < -0.39 is 17.5 Å². The molecule has 2 aromatic carbocycles. The molecule has 0 saturated carbocycles. The minimum atomic E-state index is -0.681. The van der Waals surface area contributed by atoms with E-state index in [0.29, 0.717) is 5.56 Å². The summed E-state index contributed by atoms with van der Waals surface area (Å²) in [6.45, 7) is 1.69. The number of amides is 1. The molecular weight excluding hydrogens is 250 g/mol. The molecule has 5 heteroatoms. The number of hydrogen-bond acceptors (Lipinski definition) is 2. The molecule has 98 valence electrons. The fraction of sp³-hybridized carbons (Fsp3) is 0.0714. The number of halogens is 2. The summed E-state index contributed by atoms with van der Waals surface area (Å²) in [5.74, 6) is -1.82. The largest absolute Gasteiger partial charge is 0.399 e. The molecule has 0 heterocycles. The third-order valence-corrected chi connectivity index (χ3v) is 2.54. The highest BCUT2D eigenvalue weighted by Crippen LogP contribution is 2.17. The van der Waals surface area contributed by atoms with Crippen molar-refractivity contribution in [3.63, 3.8) is 0 Å². The highest BCUT2D eigenvalue weighted by molar-refractivity contribution is 6.05. The Morgan fingerprint density at radius 3 is 2.58 bits per heavy atom. The predicted molar refractivity (Wildman–Crippen MR) is 69.9 cm³/mol. The lowest BCUT2D eigenvalue weighted by molar-refractivity contribution is 0.102. The molecular formula is C14H12F2N2O. The number of aryl methyl sites for hydroxylation is 1. The van der Waals surface area contributed by atoms with E-state index in [1.807, 2.05) is 0 Å². The summed E-state index contributed by atoms with van der Waals surface area (Å²) < 4.78 is 26.7. The van der Waals surface area contributed by atoms with Crippen molar-refractivity contribution in [1.82, 2.24) is 0 Å². The van der Waals surface area contributed by atoms with E-state index in [0.717, 1.165) is 12.1 Å². The number of benzene rings is 2. The van der Waals surface area contributed by atoms with Crippen LogP contribution in [-0.4, -0.2) is 5.91 Å². The Hall–Kier alpha value is -2.43. The molecule has 0 aliphatic heterocycles. The standard InChI is InChI=1S/C14H12F2N2O/c1-8-4-9(15)6-11(5-8)18-14(19)12-7-10(17)2-3-13(12)16/h2-7H,17H2,1H3,(H,18,19). The van der Waals surface area contributed by atoms with E-state index in [4.69, 9.17) is 5.73 Å². The van der Waals surface area contributed by atoms with Gasteiger partial charge in [0, 0.05) is 11.4 Å². The van der Waals surface area contributed by atoms with Crippen LogP contribution >= 0.6 is 0 Å². The third-order valence-electron chi connectivity index (χ3n) is 2.54. The second-order valence-electron chi connectivity index (χ2n) is 4.21. The van der Waals surface area contributed by atoms with Crippen LogP contribution in [-0.2, 0) is 0 Å². The Kier molecular flexibility index (Phi) is 3.46. The van der Waals surface area contributed by atoms with Gasteiger partial charge in [-0.3, -0.25) is 4.79 Å². The lowest BCUT2D eigenvalue weighted by atomic mass is 10.1. The minimum Gasteiger partial charge on any atom is -0.399 e. The van der Waals surface area contributed by atoms with Gasteiger partial charge < -0.3 is 11.1 Å². The first kappa shape index (κ1) is 13.0. The summed E-state index contributed by atoms with van der Waals surface area (Å²) in [4.78, 5) is 11.9. The zero-order valence-corrected chi connectivity index (χ0v) is 10.2. The topological polar surface area (TPSA) is 55.1 Å². The summed E-state index contributed by atoms with van der Waals surface area (Å²) in [5.41, 5.74) is 6.52. The SMILES string of the molecule is Cc1cc(F)cc(NC(=O)c2cc(N)ccc2F)c1. The van der Waals surface area contributed by atoms with Gasteiger partial charge in [-0.1, -0.05) is 0 Å². The lowest BCUT2D eigenvalue weighted by Gasteiger charge is -2.08. The Balaban J connectivity index is 2.28. The average Bonchev–Trinajstić information content (AvgIpc) is 2.30. The van der Waals surface area contributed by atoms with Crippen molar-refractivity contribution in [2.24, 2.45) is 0 Å². The molecule has 3 nitrogen and oxygen atoms in total. The van der Waals surface area contributed by atoms with Gasteiger partial charge in [-0.2, -0.15) is 0 Å². The first-order valence-electron chi connectivity index (χ1n) is 5.59. The Bertz CT molecular complexity index is 621. The Morgan fingerprint density at radius 1 is 1.16 bits per heavy atom. The number of anilines is 2.